The van der Waals surface area contributed by atoms with E-state index in [0.29, 0.717) is 0 Å². The van der Waals surface area contributed by atoms with Crippen LogP contribution in [0.5, 0.6) is 0 Å². The summed E-state index contributed by atoms with van der Waals surface area (Å²) in [7, 11) is 1.48. The number of benzene rings is 1. The Labute approximate surface area is 217 Å². The van der Waals surface area contributed by atoms with E-state index >= 15 is 0 Å². The Hall–Kier alpha value is -3.08. The second kappa shape index (κ2) is 14.5. The van der Waals surface area contributed by atoms with E-state index in [1.807, 2.05) is 30.3 Å². The van der Waals surface area contributed by atoms with Gasteiger partial charge in [0.2, 0.25) is 17.7 Å². The molecule has 3 atom stereocenters. The lowest BCUT2D eigenvalue weighted by molar-refractivity contribution is -0.132. The Morgan fingerprint density at radius 1 is 0.944 bits per heavy atom. The highest BCUT2D eigenvalue weighted by Gasteiger charge is 2.31. The molecule has 0 aliphatic heterocycles. The molecule has 200 valence electrons. The van der Waals surface area contributed by atoms with Crippen LogP contribution in [0.25, 0.3) is 0 Å². The molecule has 0 aromatic heterocycles. The minimum Gasteiger partial charge on any atom is -0.444 e. The van der Waals surface area contributed by atoms with Crippen molar-refractivity contribution in [3.05, 3.63) is 35.9 Å². The van der Waals surface area contributed by atoms with Gasteiger partial charge in [-0.05, 0) is 32.3 Å². The molecule has 0 aliphatic rings. The van der Waals surface area contributed by atoms with Gasteiger partial charge in [-0.25, -0.2) is 4.79 Å². The zero-order chi connectivity index (χ0) is 27.5. The third-order valence-electron chi connectivity index (χ3n) is 4.84. The summed E-state index contributed by atoms with van der Waals surface area (Å²) in [6.07, 6.45) is -0.568. The highest BCUT2D eigenvalue weighted by Crippen LogP contribution is 2.14. The number of likely N-dealkylation sites (N-methyl/N-ethyl adjacent to an activating group) is 1. The van der Waals surface area contributed by atoms with Crippen LogP contribution in [-0.4, -0.2) is 65.5 Å². The van der Waals surface area contributed by atoms with Gasteiger partial charge in [-0.2, -0.15) is 0 Å². The maximum Gasteiger partial charge on any atom is 0.407 e. The molecule has 10 nitrogen and oxygen atoms in total. The maximum atomic E-state index is 13.2. The standard InChI is InChI=1S/C25H38N4O6S/c1-15(2)20(23(33)26-7)29-21(31)18(13-17-11-9-8-10-12-17)28-22(32)19(36-16(3)30)14-27-24(34)35-25(4,5)6/h8-12,15,18-20H,13-14H2,1-7H3,(H,26,33)(H,27,34)(H,28,32)(H,29,31)/t18-,19?,20-/m0/s1. The molecule has 0 heterocycles. The van der Waals surface area contributed by atoms with Crippen molar-refractivity contribution in [1.82, 2.24) is 21.3 Å². The van der Waals surface area contributed by atoms with Crippen molar-refractivity contribution in [1.29, 1.82) is 0 Å². The molecule has 4 amide bonds. The SMILES string of the molecule is CNC(=O)[C@@H](NC(=O)[C@H](Cc1ccccc1)NC(=O)C(CNC(=O)OC(C)(C)C)SC(C)=O)C(C)C. The Bertz CT molecular complexity index is 917. The largest absolute Gasteiger partial charge is 0.444 e. The second-order valence-electron chi connectivity index (χ2n) is 9.58. The predicted molar refractivity (Wildman–Crippen MR) is 139 cm³/mol. The topological polar surface area (TPSA) is 143 Å². The molecule has 0 radical (unpaired) electrons. The van der Waals surface area contributed by atoms with Gasteiger partial charge < -0.3 is 26.0 Å². The summed E-state index contributed by atoms with van der Waals surface area (Å²) < 4.78 is 5.19. The van der Waals surface area contributed by atoms with Crippen molar-refractivity contribution >= 4 is 40.7 Å². The van der Waals surface area contributed by atoms with E-state index in [2.05, 4.69) is 21.3 Å². The van der Waals surface area contributed by atoms with Gasteiger partial charge in [0.25, 0.3) is 0 Å². The molecule has 0 aliphatic carbocycles. The smallest absolute Gasteiger partial charge is 0.407 e. The average molecular weight is 523 g/mol. The lowest BCUT2D eigenvalue weighted by Gasteiger charge is -2.26. The third kappa shape index (κ3) is 11.6. The minimum atomic E-state index is -1.03. The summed E-state index contributed by atoms with van der Waals surface area (Å²) in [5.41, 5.74) is 0.0632. The van der Waals surface area contributed by atoms with Crippen molar-refractivity contribution in [3.63, 3.8) is 0 Å². The number of ether oxygens (including phenoxy) is 1. The fourth-order valence-electron chi connectivity index (χ4n) is 3.15. The highest BCUT2D eigenvalue weighted by molar-refractivity contribution is 8.14. The number of alkyl carbamates (subject to hydrolysis) is 1. The maximum absolute atomic E-state index is 13.2. The van der Waals surface area contributed by atoms with E-state index in [1.54, 1.807) is 34.6 Å². The van der Waals surface area contributed by atoms with Crippen LogP contribution in [0, 0.1) is 5.92 Å². The molecule has 0 spiro atoms. The minimum absolute atomic E-state index is 0.161. The molecule has 11 heteroatoms. The number of thioether (sulfide) groups is 1. The van der Waals surface area contributed by atoms with E-state index in [9.17, 15) is 24.0 Å². The molecular formula is C25H38N4O6S. The number of carbonyl (C=O) groups excluding carboxylic acids is 5. The molecule has 4 N–H and O–H groups in total. The van der Waals surface area contributed by atoms with Crippen LogP contribution >= 0.6 is 11.8 Å². The molecule has 0 bridgehead atoms. The second-order valence-corrected chi connectivity index (χ2v) is 11.0. The van der Waals surface area contributed by atoms with Crippen LogP contribution in [0.3, 0.4) is 0 Å². The van der Waals surface area contributed by atoms with Gasteiger partial charge in [-0.3, -0.25) is 19.2 Å². The van der Waals surface area contributed by atoms with E-state index in [-0.39, 0.29) is 29.9 Å². The van der Waals surface area contributed by atoms with E-state index < -0.39 is 40.8 Å². The Kier molecular flexibility index (Phi) is 12.4. The third-order valence-corrected chi connectivity index (χ3v) is 5.84. The molecule has 1 aromatic carbocycles. The number of hydrogen-bond acceptors (Lipinski definition) is 7. The van der Waals surface area contributed by atoms with Crippen LogP contribution in [0.2, 0.25) is 0 Å². The summed E-state index contributed by atoms with van der Waals surface area (Å²) in [5.74, 6) is -1.69. The first-order chi connectivity index (χ1) is 16.7. The monoisotopic (exact) mass is 522 g/mol. The molecule has 1 unspecified atom stereocenters. The van der Waals surface area contributed by atoms with Crippen LogP contribution in [0.1, 0.15) is 47.1 Å². The van der Waals surface area contributed by atoms with Gasteiger partial charge in [-0.1, -0.05) is 55.9 Å². The summed E-state index contributed by atoms with van der Waals surface area (Å²) in [5, 5.41) is 9.12. The van der Waals surface area contributed by atoms with Crippen molar-refractivity contribution in [2.24, 2.45) is 5.92 Å². The number of nitrogens with one attached hydrogen (secondary N) is 4. The van der Waals surface area contributed by atoms with Gasteiger partial charge in [0.1, 0.15) is 22.9 Å². The van der Waals surface area contributed by atoms with Crippen molar-refractivity contribution in [2.75, 3.05) is 13.6 Å². The van der Waals surface area contributed by atoms with Gasteiger partial charge >= 0.3 is 6.09 Å². The Balaban J connectivity index is 3.08. The molecule has 0 saturated heterocycles. The first-order valence-corrected chi connectivity index (χ1v) is 12.6. The predicted octanol–water partition coefficient (Wildman–Crippen LogP) is 1.77. The Morgan fingerprint density at radius 2 is 1.56 bits per heavy atom. The highest BCUT2D eigenvalue weighted by atomic mass is 32.2. The number of amides is 4. The summed E-state index contributed by atoms with van der Waals surface area (Å²) in [6.45, 7) is 9.84. The Morgan fingerprint density at radius 3 is 2.06 bits per heavy atom. The number of carbonyl (C=O) groups is 5. The zero-order valence-corrected chi connectivity index (χ0v) is 22.8. The van der Waals surface area contributed by atoms with E-state index in [4.69, 9.17) is 4.74 Å². The van der Waals surface area contributed by atoms with Gasteiger partial charge in [-0.15, -0.1) is 0 Å². The van der Waals surface area contributed by atoms with Crippen LogP contribution < -0.4 is 21.3 Å². The summed E-state index contributed by atoms with van der Waals surface area (Å²) >= 11 is 0.738. The normalized spacial score (nSPS) is 13.7. The molecular weight excluding hydrogens is 484 g/mol. The van der Waals surface area contributed by atoms with Crippen LogP contribution in [0.4, 0.5) is 4.79 Å². The number of hydrogen-bond donors (Lipinski definition) is 4. The van der Waals surface area contributed by atoms with Crippen molar-refractivity contribution in [2.45, 2.75) is 70.9 Å². The fraction of sp³-hybridized carbons (Fsp3) is 0.560. The molecule has 1 rings (SSSR count). The average Bonchev–Trinajstić information content (AvgIpc) is 2.78. The molecule has 36 heavy (non-hydrogen) atoms. The van der Waals surface area contributed by atoms with Gasteiger partial charge in [0.15, 0.2) is 5.12 Å². The van der Waals surface area contributed by atoms with Crippen molar-refractivity contribution in [3.8, 4) is 0 Å². The number of rotatable bonds is 11. The van der Waals surface area contributed by atoms with E-state index in [0.717, 1.165) is 17.3 Å². The molecule has 0 saturated carbocycles. The van der Waals surface area contributed by atoms with Crippen molar-refractivity contribution < 1.29 is 28.7 Å². The van der Waals surface area contributed by atoms with Gasteiger partial charge in [0.05, 0.1) is 0 Å². The summed E-state index contributed by atoms with van der Waals surface area (Å²) in [4.78, 5) is 62.5. The van der Waals surface area contributed by atoms with Gasteiger partial charge in [0, 0.05) is 26.9 Å². The van der Waals surface area contributed by atoms with E-state index in [1.165, 1.54) is 14.0 Å². The quantitative estimate of drug-likeness (QED) is 0.347. The lowest BCUT2D eigenvalue weighted by Crippen LogP contribution is -2.57. The first-order valence-electron chi connectivity index (χ1n) is 11.7. The van der Waals surface area contributed by atoms with Crippen LogP contribution in [0.15, 0.2) is 30.3 Å². The zero-order valence-electron chi connectivity index (χ0n) is 22.0. The lowest BCUT2D eigenvalue weighted by atomic mass is 10.0. The first kappa shape index (κ1) is 31.0. The molecule has 1 aromatic rings. The summed E-state index contributed by atoms with van der Waals surface area (Å²) in [6, 6.07) is 7.27. The fourth-order valence-corrected chi connectivity index (χ4v) is 3.89. The molecule has 0 fully saturated rings. The van der Waals surface area contributed by atoms with Crippen LogP contribution in [-0.2, 0) is 30.3 Å².